The Morgan fingerprint density at radius 2 is 1.50 bits per heavy atom. The largest absolute Gasteiger partial charge is 0.492 e. The molecular weight excluding hydrogens is 510 g/mol. The van der Waals surface area contributed by atoms with E-state index in [1.54, 1.807) is 6.26 Å². The number of rotatable bonds is 10. The zero-order chi connectivity index (χ0) is 27.8. The number of nitrogens with two attached hydrogens (primary N) is 1. The van der Waals surface area contributed by atoms with Crippen LogP contribution in [0.15, 0.2) is 42.5 Å². The van der Waals surface area contributed by atoms with Gasteiger partial charge in [0.1, 0.15) is 23.9 Å². The van der Waals surface area contributed by atoms with Crippen LogP contribution in [0.5, 0.6) is 5.75 Å². The summed E-state index contributed by atoms with van der Waals surface area (Å²) in [6.07, 6.45) is -1.36. The number of thioether (sulfide) groups is 1. The normalized spacial score (nSPS) is 22.8. The lowest BCUT2D eigenvalue weighted by Crippen LogP contribution is -2.57. The minimum atomic E-state index is -1.05. The van der Waals surface area contributed by atoms with Gasteiger partial charge >= 0.3 is 17.9 Å². The van der Waals surface area contributed by atoms with Crippen LogP contribution < -0.4 is 10.5 Å². The lowest BCUT2D eigenvalue weighted by atomic mass is 9.90. The number of carbonyl (C=O) groups is 3. The molecule has 1 heterocycles. The minimum Gasteiger partial charge on any atom is -0.492 e. The molecule has 1 saturated heterocycles. The topological polar surface area (TPSA) is 123 Å². The molecule has 2 aromatic carbocycles. The van der Waals surface area contributed by atoms with Crippen molar-refractivity contribution in [3.05, 3.63) is 64.7 Å². The standard InChI is InChI=1S/C28H35NO8S/c1-16-6-9-21(15-22(16)14-20-7-10-23(11-8-20)33-13-12-29)24-25(34-17(2)30)26(35-18(3)31)27(36-19(4)32)28(37-24)38-5/h6-11,15,24-28H,12-14,29H2,1-5H3. The maximum absolute atomic E-state index is 12.1. The third-order valence-electron chi connectivity index (χ3n) is 6.04. The van der Waals surface area contributed by atoms with Gasteiger partial charge in [0.2, 0.25) is 0 Å². The summed E-state index contributed by atoms with van der Waals surface area (Å²) in [5, 5.41) is 0. The first-order valence-electron chi connectivity index (χ1n) is 12.3. The van der Waals surface area contributed by atoms with Crippen LogP contribution in [-0.4, -0.2) is 61.1 Å². The summed E-state index contributed by atoms with van der Waals surface area (Å²) >= 11 is 1.31. The molecule has 0 bridgehead atoms. The Kier molecular flexibility index (Phi) is 10.6. The molecule has 2 aromatic rings. The van der Waals surface area contributed by atoms with Gasteiger partial charge in [-0.15, -0.1) is 11.8 Å². The van der Waals surface area contributed by atoms with Crippen LogP contribution in [-0.2, 0) is 39.8 Å². The average molecular weight is 546 g/mol. The molecule has 1 fully saturated rings. The van der Waals surface area contributed by atoms with Crippen LogP contribution in [0.3, 0.4) is 0 Å². The summed E-state index contributed by atoms with van der Waals surface area (Å²) in [6.45, 7) is 6.71. The highest BCUT2D eigenvalue weighted by Gasteiger charge is 2.52. The average Bonchev–Trinajstić information content (AvgIpc) is 2.86. The zero-order valence-electron chi connectivity index (χ0n) is 22.3. The summed E-state index contributed by atoms with van der Waals surface area (Å²) in [5.74, 6) is -0.971. The van der Waals surface area contributed by atoms with Crippen molar-refractivity contribution in [2.75, 3.05) is 19.4 Å². The number of ether oxygens (including phenoxy) is 5. The summed E-state index contributed by atoms with van der Waals surface area (Å²) < 4.78 is 28.6. The van der Waals surface area contributed by atoms with E-state index in [0.717, 1.165) is 28.0 Å². The maximum Gasteiger partial charge on any atom is 0.303 e. The maximum atomic E-state index is 12.1. The van der Waals surface area contributed by atoms with Gasteiger partial charge in [0.15, 0.2) is 18.3 Å². The predicted octanol–water partition coefficient (Wildman–Crippen LogP) is 3.48. The van der Waals surface area contributed by atoms with Crippen LogP contribution in [0.4, 0.5) is 0 Å². The third kappa shape index (κ3) is 7.72. The monoisotopic (exact) mass is 545 g/mol. The van der Waals surface area contributed by atoms with Crippen molar-refractivity contribution in [1.29, 1.82) is 0 Å². The highest BCUT2D eigenvalue weighted by Crippen LogP contribution is 2.40. The highest BCUT2D eigenvalue weighted by atomic mass is 32.2. The molecule has 0 spiro atoms. The molecule has 38 heavy (non-hydrogen) atoms. The van der Waals surface area contributed by atoms with Gasteiger partial charge in [-0.1, -0.05) is 30.3 Å². The van der Waals surface area contributed by atoms with Gasteiger partial charge < -0.3 is 29.4 Å². The second-order valence-corrected chi connectivity index (χ2v) is 9.96. The molecule has 10 heteroatoms. The Bertz CT molecular complexity index is 1120. The van der Waals surface area contributed by atoms with Crippen LogP contribution in [0, 0.1) is 6.92 Å². The first-order valence-corrected chi connectivity index (χ1v) is 13.6. The summed E-state index contributed by atoms with van der Waals surface area (Å²) in [5.41, 5.74) is 8.80. The van der Waals surface area contributed by atoms with Crippen LogP contribution >= 0.6 is 11.8 Å². The van der Waals surface area contributed by atoms with Crippen molar-refractivity contribution in [2.24, 2.45) is 5.73 Å². The lowest BCUT2D eigenvalue weighted by molar-refractivity contribution is -0.233. The van der Waals surface area contributed by atoms with Crippen molar-refractivity contribution in [1.82, 2.24) is 0 Å². The summed E-state index contributed by atoms with van der Waals surface area (Å²) in [7, 11) is 0. The van der Waals surface area contributed by atoms with E-state index < -0.39 is 47.8 Å². The predicted molar refractivity (Wildman–Crippen MR) is 143 cm³/mol. The second-order valence-electron chi connectivity index (χ2n) is 9.03. The van der Waals surface area contributed by atoms with Crippen molar-refractivity contribution < 1.29 is 38.1 Å². The van der Waals surface area contributed by atoms with E-state index in [0.29, 0.717) is 19.6 Å². The third-order valence-corrected chi connectivity index (χ3v) is 6.88. The highest BCUT2D eigenvalue weighted by molar-refractivity contribution is 7.99. The number of hydrogen-bond donors (Lipinski definition) is 1. The van der Waals surface area contributed by atoms with E-state index in [1.807, 2.05) is 49.4 Å². The van der Waals surface area contributed by atoms with Gasteiger partial charge in [0.25, 0.3) is 0 Å². The molecule has 1 aliphatic heterocycles. The SMILES string of the molecule is CSC1OC(c2ccc(C)c(Cc3ccc(OCCN)cc3)c2)C(OC(C)=O)C(OC(C)=O)C1OC(C)=O. The summed E-state index contributed by atoms with van der Waals surface area (Å²) in [6, 6.07) is 13.7. The molecule has 5 unspecified atom stereocenters. The van der Waals surface area contributed by atoms with Crippen molar-refractivity contribution in [3.63, 3.8) is 0 Å². The van der Waals surface area contributed by atoms with Gasteiger partial charge in [-0.3, -0.25) is 14.4 Å². The van der Waals surface area contributed by atoms with E-state index in [-0.39, 0.29) is 0 Å². The number of esters is 3. The molecule has 206 valence electrons. The Morgan fingerprint density at radius 1 is 0.895 bits per heavy atom. The molecule has 0 radical (unpaired) electrons. The first kappa shape index (κ1) is 29.5. The first-order chi connectivity index (χ1) is 18.1. The molecule has 2 N–H and O–H groups in total. The van der Waals surface area contributed by atoms with Gasteiger partial charge in [0.05, 0.1) is 0 Å². The lowest BCUT2D eigenvalue weighted by Gasteiger charge is -2.44. The smallest absolute Gasteiger partial charge is 0.303 e. The minimum absolute atomic E-state index is 0.447. The number of aryl methyl sites for hydroxylation is 1. The van der Waals surface area contributed by atoms with E-state index in [1.165, 1.54) is 32.5 Å². The van der Waals surface area contributed by atoms with Gasteiger partial charge in [-0.05, 0) is 54.0 Å². The van der Waals surface area contributed by atoms with Crippen LogP contribution in [0.2, 0.25) is 0 Å². The number of carbonyl (C=O) groups excluding carboxylic acids is 3. The Balaban J connectivity index is 1.96. The van der Waals surface area contributed by atoms with Gasteiger partial charge in [-0.2, -0.15) is 0 Å². The Hall–Kier alpha value is -3.08. The molecular formula is C28H35NO8S. The van der Waals surface area contributed by atoms with Crippen molar-refractivity contribution in [2.45, 2.75) is 64.0 Å². The Morgan fingerprint density at radius 3 is 2.08 bits per heavy atom. The summed E-state index contributed by atoms with van der Waals surface area (Å²) in [4.78, 5) is 36.0. The van der Waals surface area contributed by atoms with Crippen molar-refractivity contribution >= 4 is 29.7 Å². The van der Waals surface area contributed by atoms with Gasteiger partial charge in [-0.25, -0.2) is 0 Å². The van der Waals surface area contributed by atoms with Crippen LogP contribution in [0.25, 0.3) is 0 Å². The molecule has 1 aliphatic rings. The molecule has 0 aliphatic carbocycles. The fourth-order valence-electron chi connectivity index (χ4n) is 4.39. The fraction of sp³-hybridized carbons (Fsp3) is 0.464. The number of hydrogen-bond acceptors (Lipinski definition) is 10. The molecule has 9 nitrogen and oxygen atoms in total. The van der Waals surface area contributed by atoms with Crippen molar-refractivity contribution in [3.8, 4) is 5.75 Å². The molecule has 0 aromatic heterocycles. The second kappa shape index (κ2) is 13.6. The van der Waals surface area contributed by atoms with E-state index >= 15 is 0 Å². The van der Waals surface area contributed by atoms with E-state index in [9.17, 15) is 14.4 Å². The quantitative estimate of drug-likeness (QED) is 0.351. The van der Waals surface area contributed by atoms with E-state index in [2.05, 4.69) is 0 Å². The molecule has 5 atom stereocenters. The van der Waals surface area contributed by atoms with Crippen LogP contribution in [0.1, 0.15) is 49.1 Å². The molecule has 0 saturated carbocycles. The Labute approximate surface area is 227 Å². The van der Waals surface area contributed by atoms with E-state index in [4.69, 9.17) is 29.4 Å². The fourth-order valence-corrected chi connectivity index (χ4v) is 5.10. The molecule has 3 rings (SSSR count). The molecule has 0 amide bonds. The number of benzene rings is 2. The van der Waals surface area contributed by atoms with Gasteiger partial charge in [0, 0.05) is 27.3 Å². The zero-order valence-corrected chi connectivity index (χ0v) is 23.1.